The van der Waals surface area contributed by atoms with Gasteiger partial charge in [0.05, 0.1) is 0 Å². The van der Waals surface area contributed by atoms with Crippen LogP contribution in [0.2, 0.25) is 0 Å². The molecular formula is C13H23N3S2. The van der Waals surface area contributed by atoms with Crippen molar-refractivity contribution >= 4 is 28.4 Å². The van der Waals surface area contributed by atoms with Crippen molar-refractivity contribution in [1.82, 2.24) is 9.36 Å². The maximum absolute atomic E-state index is 4.60. The van der Waals surface area contributed by atoms with Crippen molar-refractivity contribution in [2.75, 3.05) is 11.1 Å². The standard InChI is InChI=1S/C13H23N3S2/c1-4-17-11-7-5-6-10(11)14-13-15-12(16-18-13)8-9(2)3/h9-11H,4-8H2,1-3H3,(H,14,15,16). The van der Waals surface area contributed by atoms with E-state index in [1.165, 1.54) is 36.5 Å². The Bertz CT molecular complexity index is 365. The molecule has 0 radical (unpaired) electrons. The fraction of sp³-hybridized carbons (Fsp3) is 0.846. The summed E-state index contributed by atoms with van der Waals surface area (Å²) in [5, 5.41) is 5.36. The maximum Gasteiger partial charge on any atom is 0.202 e. The molecule has 102 valence electrons. The van der Waals surface area contributed by atoms with Crippen LogP contribution in [0.3, 0.4) is 0 Å². The summed E-state index contributed by atoms with van der Waals surface area (Å²) in [6.45, 7) is 6.66. The zero-order valence-electron chi connectivity index (χ0n) is 11.5. The zero-order chi connectivity index (χ0) is 13.0. The fourth-order valence-electron chi connectivity index (χ4n) is 2.42. The molecule has 1 fully saturated rings. The first kappa shape index (κ1) is 14.1. The monoisotopic (exact) mass is 285 g/mol. The van der Waals surface area contributed by atoms with Gasteiger partial charge in [0, 0.05) is 29.2 Å². The molecule has 2 atom stereocenters. The molecule has 3 nitrogen and oxygen atoms in total. The van der Waals surface area contributed by atoms with E-state index in [4.69, 9.17) is 0 Å². The highest BCUT2D eigenvalue weighted by molar-refractivity contribution is 7.99. The zero-order valence-corrected chi connectivity index (χ0v) is 13.1. The van der Waals surface area contributed by atoms with Crippen LogP contribution in [-0.4, -0.2) is 26.4 Å². The van der Waals surface area contributed by atoms with Gasteiger partial charge in [-0.3, -0.25) is 0 Å². The third-order valence-electron chi connectivity index (χ3n) is 3.20. The van der Waals surface area contributed by atoms with E-state index in [1.807, 2.05) is 0 Å². The number of nitrogens with one attached hydrogen (secondary N) is 1. The molecule has 0 aromatic carbocycles. The third kappa shape index (κ3) is 3.85. The molecule has 5 heteroatoms. The minimum Gasteiger partial charge on any atom is -0.356 e. The SMILES string of the molecule is CCSC1CCCC1Nc1nc(CC(C)C)ns1. The van der Waals surface area contributed by atoms with Crippen molar-refractivity contribution < 1.29 is 0 Å². The van der Waals surface area contributed by atoms with E-state index in [0.29, 0.717) is 12.0 Å². The molecule has 1 saturated carbocycles. The molecule has 18 heavy (non-hydrogen) atoms. The van der Waals surface area contributed by atoms with E-state index in [2.05, 4.69) is 47.2 Å². The van der Waals surface area contributed by atoms with Gasteiger partial charge in [0.2, 0.25) is 5.13 Å². The Morgan fingerprint density at radius 2 is 2.28 bits per heavy atom. The summed E-state index contributed by atoms with van der Waals surface area (Å²) in [5.41, 5.74) is 0. The lowest BCUT2D eigenvalue weighted by Gasteiger charge is -2.19. The summed E-state index contributed by atoms with van der Waals surface area (Å²) < 4.78 is 4.43. The normalized spacial score (nSPS) is 23.8. The predicted molar refractivity (Wildman–Crippen MR) is 81.6 cm³/mol. The summed E-state index contributed by atoms with van der Waals surface area (Å²) in [6.07, 6.45) is 4.94. The van der Waals surface area contributed by atoms with Crippen LogP contribution in [0.15, 0.2) is 0 Å². The third-order valence-corrected chi connectivity index (χ3v) is 5.21. The molecule has 1 aromatic rings. The number of aromatic nitrogens is 2. The number of nitrogens with zero attached hydrogens (tertiary/aromatic N) is 2. The molecule has 0 spiro atoms. The minimum atomic E-state index is 0.592. The summed E-state index contributed by atoms with van der Waals surface area (Å²) >= 11 is 3.59. The summed E-state index contributed by atoms with van der Waals surface area (Å²) in [5.74, 6) is 2.83. The Labute approximate surface area is 118 Å². The fourth-order valence-corrected chi connectivity index (χ4v) is 4.28. The van der Waals surface area contributed by atoms with Crippen LogP contribution >= 0.6 is 23.3 Å². The maximum atomic E-state index is 4.60. The molecular weight excluding hydrogens is 262 g/mol. The second-order valence-corrected chi connectivity index (χ2v) is 7.56. The summed E-state index contributed by atoms with van der Waals surface area (Å²) in [6, 6.07) is 0.592. The lowest BCUT2D eigenvalue weighted by Crippen LogP contribution is -2.26. The van der Waals surface area contributed by atoms with Crippen LogP contribution < -0.4 is 5.32 Å². The van der Waals surface area contributed by atoms with Crippen molar-refractivity contribution in [2.24, 2.45) is 5.92 Å². The van der Waals surface area contributed by atoms with E-state index < -0.39 is 0 Å². The lowest BCUT2D eigenvalue weighted by molar-refractivity contribution is 0.627. The molecule has 0 bridgehead atoms. The first-order valence-corrected chi connectivity index (χ1v) is 8.72. The second kappa shape index (κ2) is 6.75. The van der Waals surface area contributed by atoms with Gasteiger partial charge in [0.15, 0.2) is 0 Å². The highest BCUT2D eigenvalue weighted by atomic mass is 32.2. The number of rotatable bonds is 6. The largest absolute Gasteiger partial charge is 0.356 e. The molecule has 1 aliphatic rings. The van der Waals surface area contributed by atoms with E-state index in [-0.39, 0.29) is 0 Å². The smallest absolute Gasteiger partial charge is 0.202 e. The highest BCUT2D eigenvalue weighted by Gasteiger charge is 2.27. The first-order chi connectivity index (χ1) is 8.69. The second-order valence-electron chi connectivity index (χ2n) is 5.29. The van der Waals surface area contributed by atoms with Crippen LogP contribution in [0.25, 0.3) is 0 Å². The van der Waals surface area contributed by atoms with E-state index in [1.54, 1.807) is 0 Å². The van der Waals surface area contributed by atoms with E-state index in [0.717, 1.165) is 22.6 Å². The van der Waals surface area contributed by atoms with Gasteiger partial charge in [-0.25, -0.2) is 4.98 Å². The Kier molecular flexibility index (Phi) is 5.30. The summed E-state index contributed by atoms with van der Waals surface area (Å²) in [4.78, 5) is 4.60. The van der Waals surface area contributed by atoms with Gasteiger partial charge in [-0.05, 0) is 24.5 Å². The molecule has 1 aliphatic carbocycles. The summed E-state index contributed by atoms with van der Waals surface area (Å²) in [7, 11) is 0. The molecule has 1 N–H and O–H groups in total. The van der Waals surface area contributed by atoms with Crippen molar-refractivity contribution in [3.63, 3.8) is 0 Å². The Morgan fingerprint density at radius 3 is 3.00 bits per heavy atom. The first-order valence-electron chi connectivity index (χ1n) is 6.89. The lowest BCUT2D eigenvalue weighted by atomic mass is 10.1. The van der Waals surface area contributed by atoms with Crippen LogP contribution in [-0.2, 0) is 6.42 Å². The van der Waals surface area contributed by atoms with Gasteiger partial charge in [0.25, 0.3) is 0 Å². The predicted octanol–water partition coefficient (Wildman–Crippen LogP) is 3.82. The molecule has 1 heterocycles. The number of hydrogen-bond acceptors (Lipinski definition) is 5. The molecule has 0 aliphatic heterocycles. The number of anilines is 1. The molecule has 0 saturated heterocycles. The van der Waals surface area contributed by atoms with Gasteiger partial charge < -0.3 is 5.32 Å². The van der Waals surface area contributed by atoms with Crippen molar-refractivity contribution in [3.8, 4) is 0 Å². The van der Waals surface area contributed by atoms with Crippen LogP contribution in [0.4, 0.5) is 5.13 Å². The van der Waals surface area contributed by atoms with E-state index in [9.17, 15) is 0 Å². The average molecular weight is 285 g/mol. The van der Waals surface area contributed by atoms with Crippen molar-refractivity contribution in [2.45, 2.75) is 57.7 Å². The van der Waals surface area contributed by atoms with Gasteiger partial charge in [0.1, 0.15) is 5.82 Å². The number of hydrogen-bond donors (Lipinski definition) is 1. The Hall–Kier alpha value is -0.290. The van der Waals surface area contributed by atoms with Gasteiger partial charge in [-0.2, -0.15) is 16.1 Å². The molecule has 1 aromatic heterocycles. The molecule has 0 amide bonds. The van der Waals surface area contributed by atoms with Crippen LogP contribution in [0, 0.1) is 5.92 Å². The Morgan fingerprint density at radius 1 is 1.44 bits per heavy atom. The van der Waals surface area contributed by atoms with Crippen molar-refractivity contribution in [1.29, 1.82) is 0 Å². The quantitative estimate of drug-likeness (QED) is 0.862. The topological polar surface area (TPSA) is 37.8 Å². The van der Waals surface area contributed by atoms with Crippen LogP contribution in [0.1, 0.15) is 45.9 Å². The van der Waals surface area contributed by atoms with Crippen LogP contribution in [0.5, 0.6) is 0 Å². The van der Waals surface area contributed by atoms with Gasteiger partial charge >= 0.3 is 0 Å². The van der Waals surface area contributed by atoms with Crippen molar-refractivity contribution in [3.05, 3.63) is 5.82 Å². The Balaban J connectivity index is 1.90. The molecule has 2 rings (SSSR count). The minimum absolute atomic E-state index is 0.592. The van der Waals surface area contributed by atoms with Gasteiger partial charge in [-0.15, -0.1) is 0 Å². The molecule has 2 unspecified atom stereocenters. The highest BCUT2D eigenvalue weighted by Crippen LogP contribution is 2.32. The number of thioether (sulfide) groups is 1. The van der Waals surface area contributed by atoms with Gasteiger partial charge in [-0.1, -0.05) is 27.2 Å². The average Bonchev–Trinajstić information content (AvgIpc) is 2.90. The van der Waals surface area contributed by atoms with E-state index >= 15 is 0 Å².